The maximum absolute atomic E-state index is 13.1. The van der Waals surface area contributed by atoms with Crippen molar-refractivity contribution < 1.29 is 13.9 Å². The van der Waals surface area contributed by atoms with Crippen molar-refractivity contribution in [2.75, 3.05) is 5.32 Å². The van der Waals surface area contributed by atoms with Crippen molar-refractivity contribution in [3.8, 4) is 11.5 Å². The van der Waals surface area contributed by atoms with Crippen LogP contribution in [0.5, 0.6) is 11.5 Å². The van der Waals surface area contributed by atoms with Crippen molar-refractivity contribution in [3.05, 3.63) is 89.2 Å². The molecule has 0 atom stereocenters. The van der Waals surface area contributed by atoms with Gasteiger partial charge in [0.15, 0.2) is 0 Å². The van der Waals surface area contributed by atoms with Gasteiger partial charge in [-0.2, -0.15) is 0 Å². The third-order valence-electron chi connectivity index (χ3n) is 3.80. The Morgan fingerprint density at radius 1 is 0.880 bits per heavy atom. The van der Waals surface area contributed by atoms with Crippen LogP contribution < -0.4 is 10.1 Å². The van der Waals surface area contributed by atoms with E-state index in [9.17, 15) is 9.18 Å². The predicted octanol–water partition coefficient (Wildman–Crippen LogP) is 5.49. The molecular formula is C21H18FNO2. The van der Waals surface area contributed by atoms with Gasteiger partial charge in [0.2, 0.25) is 0 Å². The number of hydrogen-bond acceptors (Lipinski definition) is 2. The van der Waals surface area contributed by atoms with Crippen molar-refractivity contribution in [1.29, 1.82) is 0 Å². The number of halogens is 1. The molecule has 3 nitrogen and oxygen atoms in total. The second kappa shape index (κ2) is 7.18. The molecular weight excluding hydrogens is 317 g/mol. The Kier molecular flexibility index (Phi) is 4.80. The highest BCUT2D eigenvalue weighted by Gasteiger charge is 2.10. The van der Waals surface area contributed by atoms with Crippen LogP contribution in [-0.2, 0) is 0 Å². The summed E-state index contributed by atoms with van der Waals surface area (Å²) in [4.78, 5) is 12.3. The van der Waals surface area contributed by atoms with Gasteiger partial charge in [0, 0.05) is 11.3 Å². The average molecular weight is 335 g/mol. The maximum Gasteiger partial charge on any atom is 0.255 e. The lowest BCUT2D eigenvalue weighted by Gasteiger charge is -2.09. The summed E-state index contributed by atoms with van der Waals surface area (Å²) < 4.78 is 18.9. The molecule has 0 aliphatic carbocycles. The van der Waals surface area contributed by atoms with E-state index in [4.69, 9.17) is 4.74 Å². The van der Waals surface area contributed by atoms with Crippen LogP contribution in [0, 0.1) is 19.7 Å². The van der Waals surface area contributed by atoms with E-state index in [1.807, 2.05) is 31.2 Å². The standard InChI is InChI=1S/C21H18FNO2/c1-14-3-8-18(9-4-14)25-19-10-6-17(7-11-19)23-21(24)20-12-5-16(22)13-15(20)2/h3-13H,1-2H3,(H,23,24). The third-order valence-corrected chi connectivity index (χ3v) is 3.80. The van der Waals surface area contributed by atoms with E-state index in [0.717, 1.165) is 5.75 Å². The first-order chi connectivity index (χ1) is 12.0. The van der Waals surface area contributed by atoms with Gasteiger partial charge in [0.25, 0.3) is 5.91 Å². The quantitative estimate of drug-likeness (QED) is 0.685. The van der Waals surface area contributed by atoms with Crippen LogP contribution in [0.25, 0.3) is 0 Å². The first-order valence-corrected chi connectivity index (χ1v) is 7.93. The van der Waals surface area contributed by atoms with Crippen LogP contribution in [0.2, 0.25) is 0 Å². The van der Waals surface area contributed by atoms with Crippen molar-refractivity contribution in [3.63, 3.8) is 0 Å². The van der Waals surface area contributed by atoms with Crippen LogP contribution in [0.3, 0.4) is 0 Å². The summed E-state index contributed by atoms with van der Waals surface area (Å²) in [6, 6.07) is 19.0. The van der Waals surface area contributed by atoms with Gasteiger partial charge in [-0.1, -0.05) is 17.7 Å². The molecule has 3 aromatic rings. The summed E-state index contributed by atoms with van der Waals surface area (Å²) >= 11 is 0. The predicted molar refractivity (Wildman–Crippen MR) is 96.8 cm³/mol. The second-order valence-corrected chi connectivity index (χ2v) is 5.85. The maximum atomic E-state index is 13.1. The van der Waals surface area contributed by atoms with Crippen LogP contribution in [-0.4, -0.2) is 5.91 Å². The molecule has 0 aromatic heterocycles. The zero-order chi connectivity index (χ0) is 17.8. The van der Waals surface area contributed by atoms with E-state index in [1.165, 1.54) is 23.8 Å². The average Bonchev–Trinajstić information content (AvgIpc) is 2.58. The highest BCUT2D eigenvalue weighted by Crippen LogP contribution is 2.23. The molecule has 1 amide bonds. The molecule has 0 bridgehead atoms. The second-order valence-electron chi connectivity index (χ2n) is 5.85. The molecule has 0 saturated heterocycles. The lowest BCUT2D eigenvalue weighted by atomic mass is 10.1. The first kappa shape index (κ1) is 16.7. The molecule has 0 aliphatic rings. The number of benzene rings is 3. The number of nitrogens with one attached hydrogen (secondary N) is 1. The first-order valence-electron chi connectivity index (χ1n) is 7.93. The molecule has 0 fully saturated rings. The largest absolute Gasteiger partial charge is 0.457 e. The topological polar surface area (TPSA) is 38.3 Å². The Morgan fingerprint density at radius 3 is 2.08 bits per heavy atom. The number of carbonyl (C=O) groups excluding carboxylic acids is 1. The Labute approximate surface area is 146 Å². The molecule has 4 heteroatoms. The summed E-state index contributed by atoms with van der Waals surface area (Å²) in [5, 5.41) is 2.80. The normalized spacial score (nSPS) is 10.4. The Balaban J connectivity index is 1.67. The van der Waals surface area contributed by atoms with E-state index < -0.39 is 0 Å². The van der Waals surface area contributed by atoms with Crippen molar-refractivity contribution in [2.45, 2.75) is 13.8 Å². The molecule has 25 heavy (non-hydrogen) atoms. The number of anilines is 1. The molecule has 0 heterocycles. The molecule has 0 aliphatic heterocycles. The van der Waals surface area contributed by atoms with Crippen LogP contribution in [0.15, 0.2) is 66.7 Å². The minimum absolute atomic E-state index is 0.273. The summed E-state index contributed by atoms with van der Waals surface area (Å²) in [7, 11) is 0. The van der Waals surface area contributed by atoms with Gasteiger partial charge < -0.3 is 10.1 Å². The van der Waals surface area contributed by atoms with Gasteiger partial charge in [-0.3, -0.25) is 4.79 Å². The Bertz CT molecular complexity index is 887. The summed E-state index contributed by atoms with van der Waals surface area (Å²) in [5.41, 5.74) is 2.85. The smallest absolute Gasteiger partial charge is 0.255 e. The van der Waals surface area contributed by atoms with Gasteiger partial charge in [-0.15, -0.1) is 0 Å². The zero-order valence-electron chi connectivity index (χ0n) is 14.0. The van der Waals surface area contributed by atoms with Crippen LogP contribution in [0.1, 0.15) is 21.5 Å². The van der Waals surface area contributed by atoms with Gasteiger partial charge in [-0.05, 0) is 74.0 Å². The van der Waals surface area contributed by atoms with Crippen molar-refractivity contribution in [1.82, 2.24) is 0 Å². The third kappa shape index (κ3) is 4.23. The minimum atomic E-state index is -0.355. The highest BCUT2D eigenvalue weighted by atomic mass is 19.1. The highest BCUT2D eigenvalue weighted by molar-refractivity contribution is 6.05. The van der Waals surface area contributed by atoms with Gasteiger partial charge >= 0.3 is 0 Å². The number of aryl methyl sites for hydroxylation is 2. The van der Waals surface area contributed by atoms with E-state index in [2.05, 4.69) is 5.32 Å². The number of ether oxygens (including phenoxy) is 1. The number of rotatable bonds is 4. The fourth-order valence-corrected chi connectivity index (χ4v) is 2.43. The van der Waals surface area contributed by atoms with E-state index in [-0.39, 0.29) is 11.7 Å². The van der Waals surface area contributed by atoms with Crippen molar-refractivity contribution >= 4 is 11.6 Å². The zero-order valence-corrected chi connectivity index (χ0v) is 14.0. The minimum Gasteiger partial charge on any atom is -0.457 e. The fraction of sp³-hybridized carbons (Fsp3) is 0.0952. The summed E-state index contributed by atoms with van der Waals surface area (Å²) in [6.07, 6.45) is 0. The fourth-order valence-electron chi connectivity index (χ4n) is 2.43. The van der Waals surface area contributed by atoms with Gasteiger partial charge in [0.05, 0.1) is 0 Å². The molecule has 0 unspecified atom stereocenters. The number of amides is 1. The number of carbonyl (C=O) groups is 1. The summed E-state index contributed by atoms with van der Waals surface area (Å²) in [6.45, 7) is 3.72. The van der Waals surface area contributed by atoms with E-state index in [1.54, 1.807) is 31.2 Å². The lowest BCUT2D eigenvalue weighted by molar-refractivity contribution is 0.102. The summed E-state index contributed by atoms with van der Waals surface area (Å²) in [5.74, 6) is 0.806. The van der Waals surface area contributed by atoms with E-state index in [0.29, 0.717) is 22.6 Å². The van der Waals surface area contributed by atoms with Gasteiger partial charge in [-0.25, -0.2) is 4.39 Å². The van der Waals surface area contributed by atoms with Crippen LogP contribution >= 0.6 is 0 Å². The molecule has 3 aromatic carbocycles. The Morgan fingerprint density at radius 2 is 1.48 bits per heavy atom. The lowest BCUT2D eigenvalue weighted by Crippen LogP contribution is -2.13. The molecule has 0 saturated carbocycles. The number of hydrogen-bond donors (Lipinski definition) is 1. The Hall–Kier alpha value is -3.14. The molecule has 0 radical (unpaired) electrons. The molecule has 0 spiro atoms. The van der Waals surface area contributed by atoms with E-state index >= 15 is 0 Å². The van der Waals surface area contributed by atoms with Crippen LogP contribution in [0.4, 0.5) is 10.1 Å². The monoisotopic (exact) mass is 335 g/mol. The SMILES string of the molecule is Cc1ccc(Oc2ccc(NC(=O)c3ccc(F)cc3C)cc2)cc1. The van der Waals surface area contributed by atoms with Crippen molar-refractivity contribution in [2.24, 2.45) is 0 Å². The molecule has 1 N–H and O–H groups in total. The molecule has 126 valence electrons. The molecule has 3 rings (SSSR count). The van der Waals surface area contributed by atoms with Gasteiger partial charge in [0.1, 0.15) is 17.3 Å².